The van der Waals surface area contributed by atoms with Gasteiger partial charge in [0.25, 0.3) is 0 Å². The normalized spacial score (nSPS) is 12.3. The molecule has 0 amide bonds. The average molecular weight is 264 g/mol. The molecule has 0 aliphatic rings. The van der Waals surface area contributed by atoms with Crippen molar-refractivity contribution in [3.05, 3.63) is 36.7 Å². The third-order valence-electron chi connectivity index (χ3n) is 2.71. The standard InChI is InChI=1S/C12H16N4OS/c1-15(11-6-4-3-5-7-11)8-9-16-10-13-14-12(16)18(2)17/h3-7,10H,8-9H2,1-2H3/t18-/m0/s1. The van der Waals surface area contributed by atoms with E-state index in [0.717, 1.165) is 12.2 Å². The number of likely N-dealkylation sites (N-methyl/N-ethyl adjacent to an activating group) is 1. The average Bonchev–Trinajstić information content (AvgIpc) is 2.85. The van der Waals surface area contributed by atoms with Crippen LogP contribution in [-0.4, -0.2) is 38.8 Å². The summed E-state index contributed by atoms with van der Waals surface area (Å²) in [6.07, 6.45) is 3.23. The Balaban J connectivity index is 1.99. The third-order valence-corrected chi connectivity index (χ3v) is 3.54. The van der Waals surface area contributed by atoms with Gasteiger partial charge in [-0.15, -0.1) is 10.2 Å². The molecule has 2 aromatic rings. The van der Waals surface area contributed by atoms with Crippen LogP contribution in [0.4, 0.5) is 5.69 Å². The lowest BCUT2D eigenvalue weighted by molar-refractivity contribution is 0.612. The van der Waals surface area contributed by atoms with E-state index in [1.807, 2.05) is 29.8 Å². The lowest BCUT2D eigenvalue weighted by Crippen LogP contribution is -2.23. The largest absolute Gasteiger partial charge is 0.373 e. The molecule has 1 aromatic carbocycles. The molecule has 18 heavy (non-hydrogen) atoms. The summed E-state index contributed by atoms with van der Waals surface area (Å²) < 4.78 is 13.2. The molecule has 2 rings (SSSR count). The van der Waals surface area contributed by atoms with Gasteiger partial charge in [-0.25, -0.2) is 0 Å². The Hall–Kier alpha value is -1.69. The van der Waals surface area contributed by atoms with E-state index in [1.165, 1.54) is 0 Å². The van der Waals surface area contributed by atoms with Gasteiger partial charge in [0.05, 0.1) is 10.8 Å². The first-order chi connectivity index (χ1) is 8.68. The van der Waals surface area contributed by atoms with E-state index in [9.17, 15) is 4.21 Å². The van der Waals surface area contributed by atoms with Crippen molar-refractivity contribution in [3.63, 3.8) is 0 Å². The van der Waals surface area contributed by atoms with Crippen LogP contribution in [0.3, 0.4) is 0 Å². The highest BCUT2D eigenvalue weighted by Crippen LogP contribution is 2.11. The van der Waals surface area contributed by atoms with E-state index >= 15 is 0 Å². The molecule has 0 saturated heterocycles. The quantitative estimate of drug-likeness (QED) is 0.813. The van der Waals surface area contributed by atoms with Crippen molar-refractivity contribution >= 4 is 16.5 Å². The molecule has 0 radical (unpaired) electrons. The molecular formula is C12H16N4OS. The number of aromatic nitrogens is 3. The summed E-state index contributed by atoms with van der Waals surface area (Å²) >= 11 is 0. The molecule has 0 fully saturated rings. The highest BCUT2D eigenvalue weighted by atomic mass is 32.2. The molecule has 0 bridgehead atoms. The van der Waals surface area contributed by atoms with Gasteiger partial charge in [0, 0.05) is 32.1 Å². The van der Waals surface area contributed by atoms with Crippen molar-refractivity contribution in [1.82, 2.24) is 14.8 Å². The molecule has 0 saturated carbocycles. The van der Waals surface area contributed by atoms with Crippen LogP contribution in [0, 0.1) is 0 Å². The highest BCUT2D eigenvalue weighted by Gasteiger charge is 2.08. The number of hydrogen-bond donors (Lipinski definition) is 0. The maximum atomic E-state index is 11.4. The number of rotatable bonds is 5. The molecule has 0 unspecified atom stereocenters. The molecule has 0 spiro atoms. The van der Waals surface area contributed by atoms with Gasteiger partial charge in [0.15, 0.2) is 0 Å². The van der Waals surface area contributed by atoms with Crippen LogP contribution in [-0.2, 0) is 17.3 Å². The van der Waals surface area contributed by atoms with Crippen LogP contribution < -0.4 is 4.90 Å². The Labute approximate surface area is 109 Å². The molecule has 0 N–H and O–H groups in total. The molecular weight excluding hydrogens is 248 g/mol. The summed E-state index contributed by atoms with van der Waals surface area (Å²) in [6, 6.07) is 10.1. The third kappa shape index (κ3) is 2.95. The van der Waals surface area contributed by atoms with Crippen molar-refractivity contribution in [2.75, 3.05) is 24.7 Å². The maximum absolute atomic E-state index is 11.4. The fourth-order valence-corrected chi connectivity index (χ4v) is 2.32. The van der Waals surface area contributed by atoms with Crippen LogP contribution in [0.2, 0.25) is 0 Å². The number of anilines is 1. The van der Waals surface area contributed by atoms with Gasteiger partial charge in [-0.3, -0.25) is 4.21 Å². The second-order valence-corrected chi connectivity index (χ2v) is 5.29. The molecule has 0 aliphatic heterocycles. The monoisotopic (exact) mass is 264 g/mol. The molecule has 1 aromatic heterocycles. The molecule has 96 valence electrons. The lowest BCUT2D eigenvalue weighted by atomic mass is 10.3. The number of benzene rings is 1. The number of nitrogens with zero attached hydrogens (tertiary/aromatic N) is 4. The minimum atomic E-state index is -1.10. The SMILES string of the molecule is CN(CCn1cnnc1[S@](C)=O)c1ccccc1. The number of para-hydroxylation sites is 1. The molecule has 6 heteroatoms. The van der Waals surface area contributed by atoms with E-state index in [1.54, 1.807) is 12.6 Å². The summed E-state index contributed by atoms with van der Waals surface area (Å²) in [4.78, 5) is 2.14. The highest BCUT2D eigenvalue weighted by molar-refractivity contribution is 7.84. The summed E-state index contributed by atoms with van der Waals surface area (Å²) in [5.41, 5.74) is 1.16. The molecule has 1 atom stereocenters. The Bertz CT molecular complexity index is 526. The second kappa shape index (κ2) is 5.77. The second-order valence-electron chi connectivity index (χ2n) is 4.02. The van der Waals surface area contributed by atoms with Crippen molar-refractivity contribution < 1.29 is 4.21 Å². The van der Waals surface area contributed by atoms with Crippen LogP contribution in [0.15, 0.2) is 41.8 Å². The first-order valence-electron chi connectivity index (χ1n) is 5.66. The first-order valence-corrected chi connectivity index (χ1v) is 7.21. The van der Waals surface area contributed by atoms with Gasteiger partial charge in [-0.1, -0.05) is 18.2 Å². The van der Waals surface area contributed by atoms with Crippen LogP contribution in [0.25, 0.3) is 0 Å². The van der Waals surface area contributed by atoms with Gasteiger partial charge in [-0.2, -0.15) is 0 Å². The Morgan fingerprint density at radius 3 is 2.72 bits per heavy atom. The number of hydrogen-bond acceptors (Lipinski definition) is 4. The van der Waals surface area contributed by atoms with Crippen LogP contribution in [0.1, 0.15) is 0 Å². The van der Waals surface area contributed by atoms with Crippen molar-refractivity contribution in [2.45, 2.75) is 11.7 Å². The maximum Gasteiger partial charge on any atom is 0.221 e. The fraction of sp³-hybridized carbons (Fsp3) is 0.333. The fourth-order valence-electron chi connectivity index (χ4n) is 1.69. The first kappa shape index (κ1) is 12.8. The van der Waals surface area contributed by atoms with E-state index in [2.05, 4.69) is 27.2 Å². The molecule has 1 heterocycles. The smallest absolute Gasteiger partial charge is 0.221 e. The Morgan fingerprint density at radius 1 is 1.33 bits per heavy atom. The minimum Gasteiger partial charge on any atom is -0.373 e. The lowest BCUT2D eigenvalue weighted by Gasteiger charge is -2.19. The van der Waals surface area contributed by atoms with Crippen LogP contribution in [0.5, 0.6) is 0 Å². The zero-order chi connectivity index (χ0) is 13.0. The molecule has 0 aliphatic carbocycles. The van der Waals surface area contributed by atoms with Gasteiger partial charge in [-0.05, 0) is 12.1 Å². The van der Waals surface area contributed by atoms with E-state index in [4.69, 9.17) is 0 Å². The Morgan fingerprint density at radius 2 is 2.06 bits per heavy atom. The van der Waals surface area contributed by atoms with Gasteiger partial charge < -0.3 is 9.47 Å². The van der Waals surface area contributed by atoms with E-state index in [-0.39, 0.29) is 0 Å². The van der Waals surface area contributed by atoms with Crippen molar-refractivity contribution in [2.24, 2.45) is 0 Å². The summed E-state index contributed by atoms with van der Waals surface area (Å²) in [5, 5.41) is 8.18. The summed E-state index contributed by atoms with van der Waals surface area (Å²) in [7, 11) is 0.932. The van der Waals surface area contributed by atoms with Gasteiger partial charge >= 0.3 is 0 Å². The predicted molar refractivity (Wildman–Crippen MR) is 72.1 cm³/mol. The minimum absolute atomic E-state index is 0.525. The predicted octanol–water partition coefficient (Wildman–Crippen LogP) is 1.15. The van der Waals surface area contributed by atoms with Crippen LogP contribution >= 0.6 is 0 Å². The zero-order valence-corrected chi connectivity index (χ0v) is 11.3. The summed E-state index contributed by atoms with van der Waals surface area (Å²) in [6.45, 7) is 1.53. The summed E-state index contributed by atoms with van der Waals surface area (Å²) in [5.74, 6) is 0. The van der Waals surface area contributed by atoms with Crippen molar-refractivity contribution in [1.29, 1.82) is 0 Å². The van der Waals surface area contributed by atoms with E-state index in [0.29, 0.717) is 11.7 Å². The zero-order valence-electron chi connectivity index (χ0n) is 10.5. The topological polar surface area (TPSA) is 51.0 Å². The molecule has 5 nitrogen and oxygen atoms in total. The van der Waals surface area contributed by atoms with Crippen molar-refractivity contribution in [3.8, 4) is 0 Å². The van der Waals surface area contributed by atoms with Gasteiger partial charge in [0.1, 0.15) is 6.33 Å². The Kier molecular flexibility index (Phi) is 4.09. The van der Waals surface area contributed by atoms with E-state index < -0.39 is 10.8 Å². The van der Waals surface area contributed by atoms with Gasteiger partial charge in [0.2, 0.25) is 5.16 Å².